The highest BCUT2D eigenvalue weighted by atomic mass is 35.5. The molecule has 0 N–H and O–H groups in total. The van der Waals surface area contributed by atoms with Gasteiger partial charge < -0.3 is 9.30 Å². The van der Waals surface area contributed by atoms with Crippen molar-refractivity contribution in [3.63, 3.8) is 0 Å². The molecule has 0 atom stereocenters. The van der Waals surface area contributed by atoms with Crippen LogP contribution in [0.15, 0.2) is 54.7 Å². The standard InChI is InChI=1S/C23H19ClF2N2O.ClH/c1-14-15(2)28(12-17-5-3-4-6-20(17)24)23-21(7-8-27-22(14)23)29-13-16-9-18(25)11-19(26)10-16;/h3-11H,12-13H2,1-2H3;1H. The molecule has 30 heavy (non-hydrogen) atoms. The number of pyridine rings is 1. The SMILES string of the molecule is Cc1c(C)n(Cc2ccccc2Cl)c2c(OCc3cc(F)cc(F)c3)ccnc12.Cl. The molecule has 0 aliphatic heterocycles. The fraction of sp³-hybridized carbons (Fsp3) is 0.174. The van der Waals surface area contributed by atoms with Crippen LogP contribution in [0, 0.1) is 25.5 Å². The summed E-state index contributed by atoms with van der Waals surface area (Å²) in [6.07, 6.45) is 1.68. The third-order valence-electron chi connectivity index (χ3n) is 5.06. The molecule has 4 aromatic rings. The van der Waals surface area contributed by atoms with E-state index in [9.17, 15) is 8.78 Å². The van der Waals surface area contributed by atoms with Crippen LogP contribution >= 0.6 is 24.0 Å². The molecule has 0 amide bonds. The van der Waals surface area contributed by atoms with E-state index in [-0.39, 0.29) is 19.0 Å². The fourth-order valence-corrected chi connectivity index (χ4v) is 3.67. The van der Waals surface area contributed by atoms with Crippen LogP contribution in [0.3, 0.4) is 0 Å². The molecule has 0 bridgehead atoms. The number of halogens is 4. The van der Waals surface area contributed by atoms with Gasteiger partial charge in [0.05, 0.1) is 5.52 Å². The van der Waals surface area contributed by atoms with Crippen molar-refractivity contribution in [1.82, 2.24) is 9.55 Å². The molecule has 0 fully saturated rings. The van der Waals surface area contributed by atoms with Crippen LogP contribution in [0.2, 0.25) is 5.02 Å². The van der Waals surface area contributed by atoms with Gasteiger partial charge >= 0.3 is 0 Å². The van der Waals surface area contributed by atoms with Gasteiger partial charge in [-0.05, 0) is 48.7 Å². The van der Waals surface area contributed by atoms with Gasteiger partial charge in [0.2, 0.25) is 0 Å². The van der Waals surface area contributed by atoms with E-state index in [1.54, 1.807) is 12.3 Å². The minimum Gasteiger partial charge on any atom is -0.487 e. The second kappa shape index (κ2) is 9.02. The zero-order chi connectivity index (χ0) is 20.5. The van der Waals surface area contributed by atoms with E-state index in [0.29, 0.717) is 22.9 Å². The van der Waals surface area contributed by atoms with Crippen molar-refractivity contribution in [3.05, 3.63) is 93.8 Å². The first-order valence-corrected chi connectivity index (χ1v) is 9.57. The van der Waals surface area contributed by atoms with Crippen LogP contribution in [0.5, 0.6) is 5.75 Å². The maximum absolute atomic E-state index is 13.5. The average Bonchev–Trinajstić information content (AvgIpc) is 2.93. The molecule has 0 saturated heterocycles. The number of ether oxygens (including phenoxy) is 1. The smallest absolute Gasteiger partial charge is 0.147 e. The maximum Gasteiger partial charge on any atom is 0.147 e. The molecule has 3 nitrogen and oxygen atoms in total. The zero-order valence-corrected chi connectivity index (χ0v) is 18.0. The topological polar surface area (TPSA) is 27.1 Å². The number of rotatable bonds is 5. The first-order valence-electron chi connectivity index (χ1n) is 9.19. The summed E-state index contributed by atoms with van der Waals surface area (Å²) in [5.74, 6) is -0.655. The molecule has 0 saturated carbocycles. The maximum atomic E-state index is 13.5. The highest BCUT2D eigenvalue weighted by Crippen LogP contribution is 2.32. The lowest BCUT2D eigenvalue weighted by atomic mass is 10.2. The van der Waals surface area contributed by atoms with E-state index in [1.165, 1.54) is 12.1 Å². The summed E-state index contributed by atoms with van der Waals surface area (Å²) in [7, 11) is 0. The first kappa shape index (κ1) is 22.1. The first-order chi connectivity index (χ1) is 13.9. The van der Waals surface area contributed by atoms with E-state index in [4.69, 9.17) is 16.3 Å². The summed E-state index contributed by atoms with van der Waals surface area (Å²) in [6.45, 7) is 4.65. The zero-order valence-electron chi connectivity index (χ0n) is 16.5. The Balaban J connectivity index is 0.00000256. The Labute approximate surface area is 184 Å². The molecule has 2 heterocycles. The summed E-state index contributed by atoms with van der Waals surface area (Å²) >= 11 is 6.36. The van der Waals surface area contributed by atoms with Crippen molar-refractivity contribution in [2.45, 2.75) is 27.0 Å². The molecule has 0 unspecified atom stereocenters. The lowest BCUT2D eigenvalue weighted by Crippen LogP contribution is -2.05. The Bertz CT molecular complexity index is 1190. The molecule has 0 aliphatic rings. The van der Waals surface area contributed by atoms with Crippen molar-refractivity contribution in [1.29, 1.82) is 0 Å². The Morgan fingerprint density at radius 2 is 1.73 bits per heavy atom. The van der Waals surface area contributed by atoms with Crippen LogP contribution in [0.4, 0.5) is 8.78 Å². The van der Waals surface area contributed by atoms with Gasteiger partial charge in [-0.2, -0.15) is 0 Å². The van der Waals surface area contributed by atoms with Crippen molar-refractivity contribution < 1.29 is 13.5 Å². The van der Waals surface area contributed by atoms with Crippen LogP contribution in [0.1, 0.15) is 22.4 Å². The van der Waals surface area contributed by atoms with Gasteiger partial charge in [0, 0.05) is 35.6 Å². The van der Waals surface area contributed by atoms with E-state index in [0.717, 1.165) is 33.9 Å². The van der Waals surface area contributed by atoms with Gasteiger partial charge in [0.25, 0.3) is 0 Å². The summed E-state index contributed by atoms with van der Waals surface area (Å²) in [6, 6.07) is 12.8. The highest BCUT2D eigenvalue weighted by molar-refractivity contribution is 6.31. The molecule has 156 valence electrons. The van der Waals surface area contributed by atoms with Crippen LogP contribution in [-0.4, -0.2) is 9.55 Å². The van der Waals surface area contributed by atoms with Crippen molar-refractivity contribution >= 4 is 35.0 Å². The van der Waals surface area contributed by atoms with Gasteiger partial charge in [-0.3, -0.25) is 4.98 Å². The summed E-state index contributed by atoms with van der Waals surface area (Å²) in [4.78, 5) is 4.52. The Hall–Kier alpha value is -2.63. The molecular weight excluding hydrogens is 429 g/mol. The van der Waals surface area contributed by atoms with E-state index >= 15 is 0 Å². The third kappa shape index (κ3) is 4.27. The molecule has 4 rings (SSSR count). The molecular formula is C23H20Cl2F2N2O. The number of nitrogens with zero attached hydrogens (tertiary/aromatic N) is 2. The van der Waals surface area contributed by atoms with Crippen LogP contribution < -0.4 is 4.74 Å². The summed E-state index contributed by atoms with van der Waals surface area (Å²) in [5, 5.41) is 0.688. The molecule has 2 aromatic heterocycles. The number of aryl methyl sites for hydroxylation is 1. The Morgan fingerprint density at radius 1 is 1.03 bits per heavy atom. The predicted octanol–water partition coefficient (Wildman–Crippen LogP) is 6.63. The molecule has 2 aromatic carbocycles. The van der Waals surface area contributed by atoms with Gasteiger partial charge in [0.15, 0.2) is 0 Å². The fourth-order valence-electron chi connectivity index (χ4n) is 3.48. The normalized spacial score (nSPS) is 10.8. The van der Waals surface area contributed by atoms with Crippen molar-refractivity contribution in [3.8, 4) is 5.75 Å². The molecule has 7 heteroatoms. The number of benzene rings is 2. The second-order valence-electron chi connectivity index (χ2n) is 6.96. The molecule has 0 spiro atoms. The predicted molar refractivity (Wildman–Crippen MR) is 118 cm³/mol. The number of fused-ring (bicyclic) bond motifs is 1. The van der Waals surface area contributed by atoms with E-state index in [1.807, 2.05) is 38.1 Å². The average molecular weight is 449 g/mol. The Kier molecular flexibility index (Phi) is 6.64. The highest BCUT2D eigenvalue weighted by Gasteiger charge is 2.17. The summed E-state index contributed by atoms with van der Waals surface area (Å²) < 4.78 is 35.0. The van der Waals surface area contributed by atoms with Gasteiger partial charge in [-0.1, -0.05) is 29.8 Å². The van der Waals surface area contributed by atoms with E-state index in [2.05, 4.69) is 9.55 Å². The monoisotopic (exact) mass is 448 g/mol. The lowest BCUT2D eigenvalue weighted by molar-refractivity contribution is 0.307. The minimum absolute atomic E-state index is 0. The third-order valence-corrected chi connectivity index (χ3v) is 5.43. The largest absolute Gasteiger partial charge is 0.487 e. The van der Waals surface area contributed by atoms with Gasteiger partial charge in [0.1, 0.15) is 29.5 Å². The molecule has 0 aliphatic carbocycles. The number of aromatic nitrogens is 2. The van der Waals surface area contributed by atoms with Crippen LogP contribution in [0.25, 0.3) is 11.0 Å². The molecule has 0 radical (unpaired) electrons. The van der Waals surface area contributed by atoms with Gasteiger partial charge in [-0.15, -0.1) is 12.4 Å². The van der Waals surface area contributed by atoms with Crippen LogP contribution in [-0.2, 0) is 13.2 Å². The van der Waals surface area contributed by atoms with Crippen molar-refractivity contribution in [2.75, 3.05) is 0 Å². The van der Waals surface area contributed by atoms with Gasteiger partial charge in [-0.25, -0.2) is 8.78 Å². The quantitative estimate of drug-likeness (QED) is 0.342. The number of hydrogen-bond donors (Lipinski definition) is 0. The summed E-state index contributed by atoms with van der Waals surface area (Å²) in [5.41, 5.74) is 5.17. The second-order valence-corrected chi connectivity index (χ2v) is 7.37. The van der Waals surface area contributed by atoms with Crippen molar-refractivity contribution in [2.24, 2.45) is 0 Å². The Morgan fingerprint density at radius 3 is 2.43 bits per heavy atom. The van der Waals surface area contributed by atoms with E-state index < -0.39 is 11.6 Å². The lowest BCUT2D eigenvalue weighted by Gasteiger charge is -2.13. The number of hydrogen-bond acceptors (Lipinski definition) is 2. The minimum atomic E-state index is -0.628.